The van der Waals surface area contributed by atoms with Crippen molar-refractivity contribution in [2.45, 2.75) is 31.7 Å². The van der Waals surface area contributed by atoms with Gasteiger partial charge in [0.2, 0.25) is 0 Å². The maximum atomic E-state index is 6.07. The Balaban J connectivity index is 2.08. The Morgan fingerprint density at radius 3 is 2.45 bits per heavy atom. The van der Waals surface area contributed by atoms with E-state index in [1.807, 2.05) is 0 Å². The summed E-state index contributed by atoms with van der Waals surface area (Å²) < 4.78 is 10.5. The van der Waals surface area contributed by atoms with Crippen molar-refractivity contribution in [3.05, 3.63) is 17.2 Å². The lowest BCUT2D eigenvalue weighted by Crippen LogP contribution is -2.36. The van der Waals surface area contributed by atoms with Crippen LogP contribution in [0.4, 0.5) is 5.69 Å². The summed E-state index contributed by atoms with van der Waals surface area (Å²) in [5.74, 6) is 1.21. The molecule has 0 aliphatic heterocycles. The van der Waals surface area contributed by atoms with Crippen LogP contribution >= 0.6 is 23.8 Å². The third-order valence-corrected chi connectivity index (χ3v) is 3.93. The third-order valence-electron chi connectivity index (χ3n) is 3.41. The molecule has 1 fully saturated rings. The molecule has 0 amide bonds. The SMILES string of the molecule is COc1cc(NC(=S)NC2CCCC2)c(OC)cc1Cl. The predicted molar refractivity (Wildman–Crippen MR) is 86.2 cm³/mol. The molecule has 0 heterocycles. The molecule has 20 heavy (non-hydrogen) atoms. The summed E-state index contributed by atoms with van der Waals surface area (Å²) in [5, 5.41) is 7.57. The van der Waals surface area contributed by atoms with Gasteiger partial charge in [0.1, 0.15) is 11.5 Å². The summed E-state index contributed by atoms with van der Waals surface area (Å²) >= 11 is 11.4. The topological polar surface area (TPSA) is 42.5 Å². The molecule has 0 saturated heterocycles. The van der Waals surface area contributed by atoms with Crippen molar-refractivity contribution in [2.75, 3.05) is 19.5 Å². The molecule has 1 aliphatic rings. The largest absolute Gasteiger partial charge is 0.495 e. The van der Waals surface area contributed by atoms with E-state index in [0.717, 1.165) is 5.69 Å². The van der Waals surface area contributed by atoms with Gasteiger partial charge in [0.05, 0.1) is 24.9 Å². The van der Waals surface area contributed by atoms with Crippen LogP contribution in [0.3, 0.4) is 0 Å². The highest BCUT2D eigenvalue weighted by atomic mass is 35.5. The fourth-order valence-corrected chi connectivity index (χ4v) is 2.88. The minimum absolute atomic E-state index is 0.468. The first kappa shape index (κ1) is 15.2. The van der Waals surface area contributed by atoms with Crippen LogP contribution in [-0.4, -0.2) is 25.4 Å². The van der Waals surface area contributed by atoms with Crippen molar-refractivity contribution in [2.24, 2.45) is 0 Å². The van der Waals surface area contributed by atoms with Crippen LogP contribution in [0.2, 0.25) is 5.02 Å². The van der Waals surface area contributed by atoms with E-state index in [-0.39, 0.29) is 0 Å². The number of hydrogen-bond acceptors (Lipinski definition) is 3. The Hall–Kier alpha value is -1.20. The Kier molecular flexibility index (Phi) is 5.31. The van der Waals surface area contributed by atoms with Crippen molar-refractivity contribution in [1.82, 2.24) is 5.32 Å². The monoisotopic (exact) mass is 314 g/mol. The summed E-state index contributed by atoms with van der Waals surface area (Å²) in [6.07, 6.45) is 4.86. The Morgan fingerprint density at radius 2 is 1.85 bits per heavy atom. The van der Waals surface area contributed by atoms with Gasteiger partial charge in [-0.2, -0.15) is 0 Å². The van der Waals surface area contributed by atoms with E-state index >= 15 is 0 Å². The van der Waals surface area contributed by atoms with E-state index in [1.165, 1.54) is 25.7 Å². The Bertz CT molecular complexity index is 490. The van der Waals surface area contributed by atoms with Crippen LogP contribution in [0.1, 0.15) is 25.7 Å². The van der Waals surface area contributed by atoms with Crippen molar-refractivity contribution >= 4 is 34.6 Å². The smallest absolute Gasteiger partial charge is 0.171 e. The van der Waals surface area contributed by atoms with E-state index in [2.05, 4.69) is 10.6 Å². The van der Waals surface area contributed by atoms with Crippen molar-refractivity contribution < 1.29 is 9.47 Å². The summed E-state index contributed by atoms with van der Waals surface area (Å²) in [7, 11) is 3.17. The van der Waals surface area contributed by atoms with Gasteiger partial charge in [0.15, 0.2) is 5.11 Å². The van der Waals surface area contributed by atoms with Crippen LogP contribution in [-0.2, 0) is 0 Å². The van der Waals surface area contributed by atoms with Crippen LogP contribution in [0, 0.1) is 0 Å². The first-order chi connectivity index (χ1) is 9.63. The molecule has 0 radical (unpaired) electrons. The highest BCUT2D eigenvalue weighted by molar-refractivity contribution is 7.80. The zero-order valence-electron chi connectivity index (χ0n) is 11.7. The molecule has 2 rings (SSSR count). The first-order valence-corrected chi connectivity index (χ1v) is 7.41. The lowest BCUT2D eigenvalue weighted by atomic mass is 10.2. The Morgan fingerprint density at radius 1 is 1.20 bits per heavy atom. The second kappa shape index (κ2) is 6.99. The number of nitrogens with one attached hydrogen (secondary N) is 2. The van der Waals surface area contributed by atoms with Gasteiger partial charge < -0.3 is 20.1 Å². The van der Waals surface area contributed by atoms with Crippen molar-refractivity contribution in [1.29, 1.82) is 0 Å². The number of hydrogen-bond donors (Lipinski definition) is 2. The number of benzene rings is 1. The minimum atomic E-state index is 0.468. The fourth-order valence-electron chi connectivity index (χ4n) is 2.37. The minimum Gasteiger partial charge on any atom is -0.495 e. The number of thiocarbonyl (C=S) groups is 1. The number of anilines is 1. The Labute approximate surface area is 129 Å². The van der Waals surface area contributed by atoms with Crippen LogP contribution in [0.5, 0.6) is 11.5 Å². The molecule has 1 aliphatic carbocycles. The fraction of sp³-hybridized carbons (Fsp3) is 0.500. The summed E-state index contributed by atoms with van der Waals surface area (Å²) in [4.78, 5) is 0. The molecule has 110 valence electrons. The molecule has 0 atom stereocenters. The second-order valence-electron chi connectivity index (χ2n) is 4.77. The van der Waals surface area contributed by atoms with E-state index < -0.39 is 0 Å². The lowest BCUT2D eigenvalue weighted by molar-refractivity contribution is 0.405. The lowest BCUT2D eigenvalue weighted by Gasteiger charge is -2.18. The molecule has 1 aromatic carbocycles. The molecule has 0 unspecified atom stereocenters. The first-order valence-electron chi connectivity index (χ1n) is 6.63. The molecular formula is C14H19ClN2O2S. The molecule has 0 aromatic heterocycles. The number of methoxy groups -OCH3 is 2. The van der Waals surface area contributed by atoms with Gasteiger partial charge >= 0.3 is 0 Å². The van der Waals surface area contributed by atoms with Gasteiger partial charge in [0.25, 0.3) is 0 Å². The molecule has 1 aromatic rings. The van der Waals surface area contributed by atoms with E-state index in [1.54, 1.807) is 26.4 Å². The molecule has 1 saturated carbocycles. The van der Waals surface area contributed by atoms with Gasteiger partial charge in [-0.25, -0.2) is 0 Å². The highest BCUT2D eigenvalue weighted by Crippen LogP contribution is 2.35. The molecule has 2 N–H and O–H groups in total. The highest BCUT2D eigenvalue weighted by Gasteiger charge is 2.17. The molecule has 0 bridgehead atoms. The average Bonchev–Trinajstić information content (AvgIpc) is 2.92. The van der Waals surface area contributed by atoms with Gasteiger partial charge in [-0.1, -0.05) is 24.4 Å². The van der Waals surface area contributed by atoms with Crippen molar-refractivity contribution in [3.8, 4) is 11.5 Å². The number of halogens is 1. The van der Waals surface area contributed by atoms with Crippen LogP contribution in [0.15, 0.2) is 12.1 Å². The summed E-state index contributed by atoms with van der Waals surface area (Å²) in [6, 6.07) is 3.96. The average molecular weight is 315 g/mol. The maximum absolute atomic E-state index is 6.07. The maximum Gasteiger partial charge on any atom is 0.171 e. The molecule has 6 heteroatoms. The molecule has 0 spiro atoms. The van der Waals surface area contributed by atoms with Gasteiger partial charge in [-0.3, -0.25) is 0 Å². The van der Waals surface area contributed by atoms with Gasteiger partial charge in [0, 0.05) is 18.2 Å². The van der Waals surface area contributed by atoms with Gasteiger partial charge in [-0.05, 0) is 25.1 Å². The van der Waals surface area contributed by atoms with Gasteiger partial charge in [-0.15, -0.1) is 0 Å². The van der Waals surface area contributed by atoms with Crippen LogP contribution < -0.4 is 20.1 Å². The molecule has 4 nitrogen and oxygen atoms in total. The summed E-state index contributed by atoms with van der Waals surface area (Å²) in [5.41, 5.74) is 0.740. The second-order valence-corrected chi connectivity index (χ2v) is 5.58. The molecular weight excluding hydrogens is 296 g/mol. The van der Waals surface area contributed by atoms with Crippen LogP contribution in [0.25, 0.3) is 0 Å². The zero-order chi connectivity index (χ0) is 14.5. The number of rotatable bonds is 4. The van der Waals surface area contributed by atoms with E-state index in [4.69, 9.17) is 33.3 Å². The van der Waals surface area contributed by atoms with E-state index in [0.29, 0.717) is 27.7 Å². The number of ether oxygens (including phenoxy) is 2. The third kappa shape index (κ3) is 3.67. The predicted octanol–water partition coefficient (Wildman–Crippen LogP) is 3.59. The summed E-state index contributed by atoms with van der Waals surface area (Å²) in [6.45, 7) is 0. The normalized spacial score (nSPS) is 14.9. The van der Waals surface area contributed by atoms with Crippen molar-refractivity contribution in [3.63, 3.8) is 0 Å². The van der Waals surface area contributed by atoms with E-state index in [9.17, 15) is 0 Å². The quantitative estimate of drug-likeness (QED) is 0.831. The standard InChI is InChI=1S/C14H19ClN2O2S/c1-18-12-8-11(13(19-2)7-10(12)15)17-14(20)16-9-5-3-4-6-9/h7-9H,3-6H2,1-2H3,(H2,16,17,20). The zero-order valence-corrected chi connectivity index (χ0v) is 13.2.